The molecule has 0 aromatic carbocycles. The van der Waals surface area contributed by atoms with Crippen molar-refractivity contribution in [2.45, 2.75) is 53.1 Å². The predicted molar refractivity (Wildman–Crippen MR) is 88.4 cm³/mol. The van der Waals surface area contributed by atoms with E-state index in [1.807, 2.05) is 26.8 Å². The van der Waals surface area contributed by atoms with Crippen molar-refractivity contribution in [3.8, 4) is 0 Å². The van der Waals surface area contributed by atoms with Gasteiger partial charge in [0.2, 0.25) is 0 Å². The van der Waals surface area contributed by atoms with Crippen LogP contribution in [0.15, 0.2) is 11.6 Å². The predicted octanol–water partition coefficient (Wildman–Crippen LogP) is 2.71. The third kappa shape index (κ3) is 3.62. The number of carbonyl (C=O) groups excluding carboxylic acids is 3. The molecule has 134 valence electrons. The van der Waals surface area contributed by atoms with Crippen molar-refractivity contribution in [1.82, 2.24) is 4.90 Å². The number of likely N-dealkylation sites (tertiary alicyclic amines) is 1. The Morgan fingerprint density at radius 3 is 2.38 bits per heavy atom. The molecule has 0 N–H and O–H groups in total. The molecular formula is C18H27NO5. The van der Waals surface area contributed by atoms with Gasteiger partial charge in [0.1, 0.15) is 11.5 Å². The third-order valence-electron chi connectivity index (χ3n) is 4.60. The molecule has 6 nitrogen and oxygen atoms in total. The average molecular weight is 337 g/mol. The number of amides is 1. The first-order valence-electron chi connectivity index (χ1n) is 8.48. The molecule has 0 bridgehead atoms. The Hall–Kier alpha value is -1.85. The molecule has 6 heteroatoms. The summed E-state index contributed by atoms with van der Waals surface area (Å²) >= 11 is 0. The Morgan fingerprint density at radius 2 is 1.88 bits per heavy atom. The molecule has 2 aliphatic rings. The van der Waals surface area contributed by atoms with Crippen molar-refractivity contribution >= 4 is 17.8 Å². The van der Waals surface area contributed by atoms with E-state index in [2.05, 4.69) is 0 Å². The van der Waals surface area contributed by atoms with Crippen LogP contribution in [0.1, 0.15) is 47.5 Å². The molecule has 1 atom stereocenters. The van der Waals surface area contributed by atoms with Gasteiger partial charge in [0.15, 0.2) is 5.78 Å². The maximum absolute atomic E-state index is 12.4. The standard InChI is InChI=1S/C18H27NO5/c1-6-23-15(21)13-14(20)12(2)11-18(13)7-9-19(10-8-18)16(22)24-17(3,4)5/h11,13H,6-10H2,1-5H3/t13-/m1/s1. The number of hydrogen-bond donors (Lipinski definition) is 0. The molecule has 1 aliphatic heterocycles. The minimum absolute atomic E-state index is 0.154. The largest absolute Gasteiger partial charge is 0.465 e. The number of ketones is 1. The van der Waals surface area contributed by atoms with E-state index in [-0.39, 0.29) is 18.5 Å². The fourth-order valence-corrected chi connectivity index (χ4v) is 3.51. The molecule has 0 aromatic rings. The van der Waals surface area contributed by atoms with Gasteiger partial charge in [0, 0.05) is 18.5 Å². The monoisotopic (exact) mass is 337 g/mol. The normalized spacial score (nSPS) is 23.2. The van der Waals surface area contributed by atoms with Gasteiger partial charge in [0.25, 0.3) is 0 Å². The van der Waals surface area contributed by atoms with Gasteiger partial charge in [-0.25, -0.2) is 4.79 Å². The van der Waals surface area contributed by atoms with E-state index in [1.54, 1.807) is 18.7 Å². The zero-order valence-electron chi connectivity index (χ0n) is 15.2. The minimum atomic E-state index is -0.779. The highest BCUT2D eigenvalue weighted by molar-refractivity contribution is 6.11. The van der Waals surface area contributed by atoms with Crippen molar-refractivity contribution in [2.24, 2.45) is 11.3 Å². The Kier molecular flexibility index (Phi) is 5.06. The van der Waals surface area contributed by atoms with E-state index in [1.165, 1.54) is 0 Å². The summed E-state index contributed by atoms with van der Waals surface area (Å²) in [5.41, 5.74) is -0.468. The highest BCUT2D eigenvalue weighted by Crippen LogP contribution is 2.47. The lowest BCUT2D eigenvalue weighted by atomic mass is 9.70. The number of Topliss-reactive ketones (excluding diaryl/α,β-unsaturated/α-hetero) is 1. The first-order chi connectivity index (χ1) is 11.1. The third-order valence-corrected chi connectivity index (χ3v) is 4.60. The summed E-state index contributed by atoms with van der Waals surface area (Å²) in [4.78, 5) is 38.6. The number of rotatable bonds is 2. The number of nitrogens with zero attached hydrogens (tertiary/aromatic N) is 1. The van der Waals surface area contributed by atoms with Crippen molar-refractivity contribution in [2.75, 3.05) is 19.7 Å². The highest BCUT2D eigenvalue weighted by Gasteiger charge is 2.53. The van der Waals surface area contributed by atoms with Gasteiger partial charge < -0.3 is 14.4 Å². The summed E-state index contributed by atoms with van der Waals surface area (Å²) < 4.78 is 10.5. The fourth-order valence-electron chi connectivity index (χ4n) is 3.51. The van der Waals surface area contributed by atoms with Gasteiger partial charge in [-0.3, -0.25) is 9.59 Å². The van der Waals surface area contributed by atoms with Crippen LogP contribution < -0.4 is 0 Å². The first kappa shape index (κ1) is 18.5. The summed E-state index contributed by atoms with van der Waals surface area (Å²) in [5.74, 6) is -1.39. The molecule has 0 saturated carbocycles. The van der Waals surface area contributed by atoms with Gasteiger partial charge in [-0.1, -0.05) is 6.08 Å². The van der Waals surface area contributed by atoms with Crippen LogP contribution >= 0.6 is 0 Å². The fraction of sp³-hybridized carbons (Fsp3) is 0.722. The van der Waals surface area contributed by atoms with Gasteiger partial charge in [-0.05, 0) is 53.0 Å². The molecule has 0 radical (unpaired) electrons. The lowest BCUT2D eigenvalue weighted by Crippen LogP contribution is -2.48. The van der Waals surface area contributed by atoms with Crippen LogP contribution in [-0.4, -0.2) is 48.0 Å². The number of allylic oxidation sites excluding steroid dienone is 2. The molecule has 1 aliphatic carbocycles. The van der Waals surface area contributed by atoms with Crippen molar-refractivity contribution in [1.29, 1.82) is 0 Å². The molecule has 1 heterocycles. The van der Waals surface area contributed by atoms with Crippen molar-refractivity contribution in [3.05, 3.63) is 11.6 Å². The Bertz CT molecular complexity index is 564. The maximum Gasteiger partial charge on any atom is 0.410 e. The van der Waals surface area contributed by atoms with Crippen LogP contribution in [0.2, 0.25) is 0 Å². The topological polar surface area (TPSA) is 72.9 Å². The van der Waals surface area contributed by atoms with Gasteiger partial charge >= 0.3 is 12.1 Å². The Balaban J connectivity index is 2.11. The molecular weight excluding hydrogens is 310 g/mol. The smallest absolute Gasteiger partial charge is 0.410 e. The van der Waals surface area contributed by atoms with E-state index in [0.29, 0.717) is 31.5 Å². The Labute approximate surface area is 143 Å². The zero-order chi connectivity index (χ0) is 18.1. The molecule has 1 fully saturated rings. The lowest BCUT2D eigenvalue weighted by Gasteiger charge is -2.40. The number of esters is 1. The number of ether oxygens (including phenoxy) is 2. The van der Waals surface area contributed by atoms with Crippen LogP contribution in [0.25, 0.3) is 0 Å². The first-order valence-corrected chi connectivity index (χ1v) is 8.48. The summed E-state index contributed by atoms with van der Waals surface area (Å²) in [5, 5.41) is 0. The second-order valence-corrected chi connectivity index (χ2v) is 7.58. The van der Waals surface area contributed by atoms with Crippen molar-refractivity contribution < 1.29 is 23.9 Å². The number of carbonyl (C=O) groups is 3. The highest BCUT2D eigenvalue weighted by atomic mass is 16.6. The molecule has 24 heavy (non-hydrogen) atoms. The van der Waals surface area contributed by atoms with Crippen LogP contribution in [0, 0.1) is 11.3 Å². The quantitative estimate of drug-likeness (QED) is 0.572. The van der Waals surface area contributed by atoms with E-state index < -0.39 is 22.9 Å². The van der Waals surface area contributed by atoms with Gasteiger partial charge in [0.05, 0.1) is 6.61 Å². The molecule has 1 spiro atoms. The molecule has 1 amide bonds. The lowest BCUT2D eigenvalue weighted by molar-refractivity contribution is -0.155. The SMILES string of the molecule is CCOC(=O)[C@H]1C(=O)C(C)=CC12CCN(C(=O)OC(C)(C)C)CC2. The van der Waals surface area contributed by atoms with Crippen molar-refractivity contribution in [3.63, 3.8) is 0 Å². The number of piperidine rings is 1. The zero-order valence-corrected chi connectivity index (χ0v) is 15.2. The van der Waals surface area contributed by atoms with E-state index in [0.717, 1.165) is 0 Å². The second-order valence-electron chi connectivity index (χ2n) is 7.58. The molecule has 0 unspecified atom stereocenters. The van der Waals surface area contributed by atoms with Crippen LogP contribution in [0.4, 0.5) is 4.79 Å². The van der Waals surface area contributed by atoms with Crippen LogP contribution in [0.3, 0.4) is 0 Å². The molecule has 2 rings (SSSR count). The van der Waals surface area contributed by atoms with Gasteiger partial charge in [-0.15, -0.1) is 0 Å². The summed E-state index contributed by atoms with van der Waals surface area (Å²) in [6, 6.07) is 0. The Morgan fingerprint density at radius 1 is 1.29 bits per heavy atom. The van der Waals surface area contributed by atoms with E-state index in [9.17, 15) is 14.4 Å². The second kappa shape index (κ2) is 6.57. The minimum Gasteiger partial charge on any atom is -0.465 e. The summed E-state index contributed by atoms with van der Waals surface area (Å²) in [6.07, 6.45) is 2.66. The summed E-state index contributed by atoms with van der Waals surface area (Å²) in [6.45, 7) is 10.1. The molecule has 1 saturated heterocycles. The van der Waals surface area contributed by atoms with Crippen LogP contribution in [0.5, 0.6) is 0 Å². The van der Waals surface area contributed by atoms with E-state index in [4.69, 9.17) is 9.47 Å². The number of hydrogen-bond acceptors (Lipinski definition) is 5. The average Bonchev–Trinajstić information content (AvgIpc) is 2.69. The van der Waals surface area contributed by atoms with Gasteiger partial charge in [-0.2, -0.15) is 0 Å². The maximum atomic E-state index is 12.4. The summed E-state index contributed by atoms with van der Waals surface area (Å²) in [7, 11) is 0. The molecule has 0 aromatic heterocycles. The van der Waals surface area contributed by atoms with E-state index >= 15 is 0 Å². The van der Waals surface area contributed by atoms with Crippen LogP contribution in [-0.2, 0) is 19.1 Å².